The number of hydrogen-bond donors (Lipinski definition) is 0. The number of aryl methyl sites for hydroxylation is 3. The molecule has 0 amide bonds. The van der Waals surface area contributed by atoms with E-state index in [-0.39, 0.29) is 17.9 Å². The summed E-state index contributed by atoms with van der Waals surface area (Å²) in [6, 6.07) is 16.8. The Kier molecular flexibility index (Phi) is 6.00. The number of esters is 1. The first-order valence-electron chi connectivity index (χ1n) is 12.1. The lowest BCUT2D eigenvalue weighted by Gasteiger charge is -2.09. The Balaban J connectivity index is 1.41. The number of fused-ring (bicyclic) bond motifs is 1. The maximum absolute atomic E-state index is 13.5. The van der Waals surface area contributed by atoms with Gasteiger partial charge in [0.25, 0.3) is 5.56 Å². The molecule has 5 rings (SSSR count). The highest BCUT2D eigenvalue weighted by Crippen LogP contribution is 2.25. The maximum atomic E-state index is 13.5. The Morgan fingerprint density at radius 3 is 2.39 bits per heavy atom. The molecule has 0 saturated carbocycles. The number of hydrogen-bond acceptors (Lipinski definition) is 4. The van der Waals surface area contributed by atoms with Gasteiger partial charge in [0.15, 0.2) is 6.61 Å². The van der Waals surface area contributed by atoms with E-state index in [2.05, 4.69) is 0 Å². The number of benzene rings is 2. The highest BCUT2D eigenvalue weighted by atomic mass is 16.5. The molecule has 184 valence electrons. The van der Waals surface area contributed by atoms with Crippen LogP contribution in [0.25, 0.3) is 11.4 Å². The minimum absolute atomic E-state index is 0.176. The fraction of sp³-hybridized carbons (Fsp3) is 0.276. The molecule has 0 bridgehead atoms. The topological polar surface area (TPSA) is 75.2 Å². The number of ether oxygens (including phenoxy) is 1. The first kappa shape index (κ1) is 23.6. The van der Waals surface area contributed by atoms with Crippen molar-refractivity contribution in [2.75, 3.05) is 6.61 Å². The van der Waals surface area contributed by atoms with Crippen LogP contribution in [0.15, 0.2) is 59.4 Å². The first-order chi connectivity index (χ1) is 17.3. The van der Waals surface area contributed by atoms with Gasteiger partial charge in [0.1, 0.15) is 5.69 Å². The second-order valence-electron chi connectivity index (χ2n) is 9.37. The van der Waals surface area contributed by atoms with Crippen LogP contribution in [0.5, 0.6) is 0 Å². The summed E-state index contributed by atoms with van der Waals surface area (Å²) in [5.74, 6) is -0.808. The molecule has 0 fully saturated rings. The molecule has 1 aliphatic rings. The van der Waals surface area contributed by atoms with Crippen LogP contribution >= 0.6 is 0 Å². The molecule has 7 nitrogen and oxygen atoms in total. The van der Waals surface area contributed by atoms with Gasteiger partial charge in [-0.3, -0.25) is 14.3 Å². The van der Waals surface area contributed by atoms with Crippen LogP contribution in [0.3, 0.4) is 0 Å². The van der Waals surface area contributed by atoms with Gasteiger partial charge < -0.3 is 9.30 Å². The van der Waals surface area contributed by atoms with E-state index in [0.717, 1.165) is 36.3 Å². The van der Waals surface area contributed by atoms with Crippen LogP contribution < -0.4 is 5.56 Å². The predicted molar refractivity (Wildman–Crippen MR) is 138 cm³/mol. The van der Waals surface area contributed by atoms with E-state index in [1.165, 1.54) is 11.1 Å². The molecule has 2 heterocycles. The molecular formula is C29H29N3O4. The van der Waals surface area contributed by atoms with Crippen LogP contribution in [0, 0.1) is 20.8 Å². The van der Waals surface area contributed by atoms with E-state index in [9.17, 15) is 14.4 Å². The summed E-state index contributed by atoms with van der Waals surface area (Å²) >= 11 is 0. The first-order valence-corrected chi connectivity index (χ1v) is 12.1. The number of carbonyl (C=O) groups excluding carboxylic acids is 2. The van der Waals surface area contributed by atoms with Gasteiger partial charge in [-0.05, 0) is 81.5 Å². The van der Waals surface area contributed by atoms with E-state index in [1.54, 1.807) is 23.7 Å². The van der Waals surface area contributed by atoms with Gasteiger partial charge in [-0.1, -0.05) is 24.3 Å². The molecule has 36 heavy (non-hydrogen) atoms. The van der Waals surface area contributed by atoms with Crippen molar-refractivity contribution in [2.24, 2.45) is 7.05 Å². The van der Waals surface area contributed by atoms with E-state index >= 15 is 0 Å². The Hall–Kier alpha value is -4.13. The van der Waals surface area contributed by atoms with E-state index in [1.807, 2.05) is 72.6 Å². The minimum Gasteiger partial charge on any atom is -0.454 e. The van der Waals surface area contributed by atoms with E-state index in [0.29, 0.717) is 22.5 Å². The molecule has 4 aromatic rings. The summed E-state index contributed by atoms with van der Waals surface area (Å²) in [5.41, 5.74) is 6.60. The van der Waals surface area contributed by atoms with Crippen molar-refractivity contribution < 1.29 is 14.3 Å². The molecule has 2 aromatic carbocycles. The van der Waals surface area contributed by atoms with Crippen LogP contribution in [-0.4, -0.2) is 32.3 Å². The van der Waals surface area contributed by atoms with Crippen molar-refractivity contribution in [1.29, 1.82) is 0 Å². The minimum atomic E-state index is -0.503. The summed E-state index contributed by atoms with van der Waals surface area (Å²) < 4.78 is 10.6. The van der Waals surface area contributed by atoms with E-state index in [4.69, 9.17) is 4.74 Å². The van der Waals surface area contributed by atoms with Gasteiger partial charge in [-0.25, -0.2) is 9.48 Å². The summed E-state index contributed by atoms with van der Waals surface area (Å²) in [4.78, 5) is 39.2. The molecule has 0 saturated heterocycles. The Morgan fingerprint density at radius 2 is 1.64 bits per heavy atom. The Bertz CT molecular complexity index is 1550. The summed E-state index contributed by atoms with van der Waals surface area (Å²) in [6.07, 6.45) is 3.10. The molecule has 0 N–H and O–H groups in total. The van der Waals surface area contributed by atoms with Crippen molar-refractivity contribution in [1.82, 2.24) is 13.9 Å². The van der Waals surface area contributed by atoms with Crippen LogP contribution in [0.2, 0.25) is 0 Å². The Labute approximate surface area is 209 Å². The largest absolute Gasteiger partial charge is 0.454 e. The quantitative estimate of drug-likeness (QED) is 0.301. The van der Waals surface area contributed by atoms with Gasteiger partial charge in [-0.15, -0.1) is 0 Å². The molecule has 2 aromatic heterocycles. The SMILES string of the molecule is Cc1cc(C(=O)COC(=O)c2ccc3c(c2)CCC3)c(C)n1-c1c(C)n(C)n(-c2ccccc2)c1=O. The number of para-hydroxylation sites is 1. The lowest BCUT2D eigenvalue weighted by Crippen LogP contribution is -2.22. The van der Waals surface area contributed by atoms with Crippen LogP contribution in [-0.2, 0) is 24.6 Å². The average molecular weight is 484 g/mol. The van der Waals surface area contributed by atoms with Crippen LogP contribution in [0.1, 0.15) is 55.3 Å². The monoisotopic (exact) mass is 483 g/mol. The molecule has 0 unspecified atom stereocenters. The van der Waals surface area contributed by atoms with Gasteiger partial charge in [0.05, 0.1) is 16.9 Å². The summed E-state index contributed by atoms with van der Waals surface area (Å²) in [6.45, 7) is 5.19. The highest BCUT2D eigenvalue weighted by molar-refractivity contribution is 6.00. The third-order valence-corrected chi connectivity index (χ3v) is 7.15. The molecule has 7 heteroatoms. The van der Waals surface area contributed by atoms with Crippen molar-refractivity contribution in [3.8, 4) is 11.4 Å². The van der Waals surface area contributed by atoms with Gasteiger partial charge >= 0.3 is 5.97 Å². The van der Waals surface area contributed by atoms with Gasteiger partial charge in [0.2, 0.25) is 5.78 Å². The molecule has 0 spiro atoms. The van der Waals surface area contributed by atoms with E-state index < -0.39 is 5.97 Å². The zero-order chi connectivity index (χ0) is 25.6. The van der Waals surface area contributed by atoms with Crippen molar-refractivity contribution in [3.05, 3.63) is 104 Å². The number of carbonyl (C=O) groups is 2. The molecule has 0 atom stereocenters. The fourth-order valence-corrected chi connectivity index (χ4v) is 5.19. The molecular weight excluding hydrogens is 454 g/mol. The fourth-order valence-electron chi connectivity index (χ4n) is 5.19. The van der Waals surface area contributed by atoms with Crippen LogP contribution in [0.4, 0.5) is 0 Å². The van der Waals surface area contributed by atoms with Gasteiger partial charge in [0, 0.05) is 24.0 Å². The lowest BCUT2D eigenvalue weighted by atomic mass is 10.1. The molecule has 0 aliphatic heterocycles. The average Bonchev–Trinajstić information content (AvgIpc) is 3.52. The lowest BCUT2D eigenvalue weighted by molar-refractivity contribution is 0.0474. The molecule has 0 radical (unpaired) electrons. The van der Waals surface area contributed by atoms with Crippen molar-refractivity contribution in [3.63, 3.8) is 0 Å². The van der Waals surface area contributed by atoms with Gasteiger partial charge in [-0.2, -0.15) is 0 Å². The smallest absolute Gasteiger partial charge is 0.338 e. The predicted octanol–water partition coefficient (Wildman–Crippen LogP) is 4.42. The molecule has 1 aliphatic carbocycles. The third-order valence-electron chi connectivity index (χ3n) is 7.15. The number of Topliss-reactive ketones (excluding diaryl/α,β-unsaturated/α-hetero) is 1. The third kappa shape index (κ3) is 3.90. The highest BCUT2D eigenvalue weighted by Gasteiger charge is 2.24. The number of rotatable bonds is 6. The summed E-state index contributed by atoms with van der Waals surface area (Å²) in [7, 11) is 1.84. The number of ketones is 1. The standard InChI is InChI=1S/C29H29N3O4/c1-18-15-25(26(33)17-36-29(35)23-14-13-21-9-8-10-22(21)16-23)19(2)31(18)27-20(3)30(4)32(28(27)34)24-11-6-5-7-12-24/h5-7,11-16H,8-10,17H2,1-4H3. The second kappa shape index (κ2) is 9.15. The zero-order valence-corrected chi connectivity index (χ0v) is 21.0. The Morgan fingerprint density at radius 1 is 0.917 bits per heavy atom. The number of nitrogens with zero attached hydrogens (tertiary/aromatic N) is 3. The zero-order valence-electron chi connectivity index (χ0n) is 21.0. The van der Waals surface area contributed by atoms with Crippen molar-refractivity contribution in [2.45, 2.75) is 40.0 Å². The normalized spacial score (nSPS) is 12.6. The maximum Gasteiger partial charge on any atom is 0.338 e. The second-order valence-corrected chi connectivity index (χ2v) is 9.37. The van der Waals surface area contributed by atoms with Crippen molar-refractivity contribution >= 4 is 11.8 Å². The summed E-state index contributed by atoms with van der Waals surface area (Å²) in [5, 5.41) is 0. The number of aromatic nitrogens is 3.